The number of nitrogens with zero attached hydrogens (tertiary/aromatic N) is 2. The molecule has 27 heavy (non-hydrogen) atoms. The first kappa shape index (κ1) is 21.6. The van der Waals surface area contributed by atoms with Crippen LogP contribution in [0.4, 0.5) is 0 Å². The van der Waals surface area contributed by atoms with Gasteiger partial charge in [-0.15, -0.1) is 6.58 Å². The lowest BCUT2D eigenvalue weighted by atomic mass is 9.78. The fourth-order valence-corrected chi connectivity index (χ4v) is 4.33. The van der Waals surface area contributed by atoms with Gasteiger partial charge in [0.25, 0.3) is 5.91 Å². The normalized spacial score (nSPS) is 18.5. The van der Waals surface area contributed by atoms with E-state index in [4.69, 9.17) is 0 Å². The summed E-state index contributed by atoms with van der Waals surface area (Å²) in [4.78, 5) is 13.1. The highest BCUT2D eigenvalue weighted by molar-refractivity contribution is 8.04. The van der Waals surface area contributed by atoms with E-state index in [9.17, 15) is 9.90 Å². The summed E-state index contributed by atoms with van der Waals surface area (Å²) in [6, 6.07) is 3.95. The van der Waals surface area contributed by atoms with Gasteiger partial charge in [-0.3, -0.25) is 4.79 Å². The fourth-order valence-electron chi connectivity index (χ4n) is 3.26. The summed E-state index contributed by atoms with van der Waals surface area (Å²) < 4.78 is 0. The van der Waals surface area contributed by atoms with Crippen LogP contribution in [0.1, 0.15) is 63.5 Å². The summed E-state index contributed by atoms with van der Waals surface area (Å²) in [7, 11) is 1.85. The summed E-state index contributed by atoms with van der Waals surface area (Å²) in [5, 5.41) is 14.7. The van der Waals surface area contributed by atoms with Gasteiger partial charge in [-0.05, 0) is 39.7 Å². The number of hydrogen-bond donors (Lipinski definition) is 1. The Morgan fingerprint density at radius 1 is 1.19 bits per heavy atom. The molecule has 1 fully saturated rings. The molecule has 1 amide bonds. The largest absolute Gasteiger partial charge is 0.507 e. The van der Waals surface area contributed by atoms with E-state index < -0.39 is 0 Å². The van der Waals surface area contributed by atoms with E-state index in [1.165, 1.54) is 11.8 Å². The Morgan fingerprint density at radius 3 is 2.07 bits per heavy atom. The number of aromatic hydroxyl groups is 1. The molecule has 1 aliphatic rings. The molecular weight excluding hydrogens is 356 g/mol. The second-order valence-electron chi connectivity index (χ2n) is 9.14. The van der Waals surface area contributed by atoms with Gasteiger partial charge in [-0.25, -0.2) is 10.0 Å². The van der Waals surface area contributed by atoms with Crippen molar-refractivity contribution in [2.75, 3.05) is 13.6 Å². The van der Waals surface area contributed by atoms with Gasteiger partial charge in [0, 0.05) is 13.6 Å². The molecule has 0 radical (unpaired) electrons. The molecular formula is C22H32N2O2S. The summed E-state index contributed by atoms with van der Waals surface area (Å²) in [6.45, 7) is 20.8. The van der Waals surface area contributed by atoms with Crippen LogP contribution in [0.3, 0.4) is 0 Å². The van der Waals surface area contributed by atoms with E-state index in [2.05, 4.69) is 54.7 Å². The molecule has 2 rings (SSSR count). The second-order valence-corrected chi connectivity index (χ2v) is 10.3. The number of phenols is 1. The van der Waals surface area contributed by atoms with Crippen molar-refractivity contribution in [1.29, 1.82) is 0 Å². The van der Waals surface area contributed by atoms with Gasteiger partial charge < -0.3 is 5.11 Å². The molecule has 148 valence electrons. The first-order valence-corrected chi connectivity index (χ1v) is 10.1. The Kier molecular flexibility index (Phi) is 5.88. The number of phenolic OH excluding ortho intramolecular Hbond substituents is 1. The molecule has 0 spiro atoms. The van der Waals surface area contributed by atoms with Gasteiger partial charge in [-0.2, -0.15) is 0 Å². The molecule has 0 bridgehead atoms. The van der Waals surface area contributed by atoms with E-state index >= 15 is 0 Å². The summed E-state index contributed by atoms with van der Waals surface area (Å²) >= 11 is 1.46. The van der Waals surface area contributed by atoms with Crippen LogP contribution in [-0.4, -0.2) is 34.6 Å². The van der Waals surface area contributed by atoms with Crippen LogP contribution in [0.25, 0.3) is 0 Å². The Labute approximate surface area is 167 Å². The Bertz CT molecular complexity index is 736. The number of likely N-dealkylation sites (N-methyl/N-ethyl adjacent to an activating group) is 1. The number of hydrogen-bond acceptors (Lipinski definition) is 4. The van der Waals surface area contributed by atoms with Crippen molar-refractivity contribution < 1.29 is 9.90 Å². The molecule has 1 aliphatic heterocycles. The maximum Gasteiger partial charge on any atom is 0.260 e. The maximum absolute atomic E-state index is 13.1. The van der Waals surface area contributed by atoms with Crippen molar-refractivity contribution in [1.82, 2.24) is 10.0 Å². The summed E-state index contributed by atoms with van der Waals surface area (Å²) in [5.74, 6) is 0.313. The molecule has 1 saturated heterocycles. The molecule has 1 unspecified atom stereocenters. The average molecular weight is 389 g/mol. The van der Waals surface area contributed by atoms with Crippen LogP contribution in [-0.2, 0) is 15.6 Å². The Balaban J connectivity index is 2.57. The highest BCUT2D eigenvalue weighted by Gasteiger charge is 2.40. The zero-order valence-electron chi connectivity index (χ0n) is 17.6. The standard InChI is InChI=1S/C22H32N2O2S/c1-10-11-23(9)24-14(2)27-19(20(24)26)15-12-16(21(3,4)5)18(25)17(13-15)22(6,7)8/h10,12-13,19,25H,1-2,11H2,3-9H3. The van der Waals surface area contributed by atoms with Gasteiger partial charge in [-0.1, -0.05) is 66.0 Å². The van der Waals surface area contributed by atoms with Gasteiger partial charge >= 0.3 is 0 Å². The van der Waals surface area contributed by atoms with E-state index in [0.717, 1.165) is 16.7 Å². The minimum atomic E-state index is -0.368. The minimum absolute atomic E-state index is 0.0141. The van der Waals surface area contributed by atoms with Crippen molar-refractivity contribution in [3.63, 3.8) is 0 Å². The first-order valence-electron chi connectivity index (χ1n) is 9.18. The van der Waals surface area contributed by atoms with Crippen LogP contribution in [0.2, 0.25) is 0 Å². The van der Waals surface area contributed by atoms with Crippen molar-refractivity contribution in [2.45, 2.75) is 57.6 Å². The molecule has 1 atom stereocenters. The number of carbonyl (C=O) groups excluding carboxylic acids is 1. The van der Waals surface area contributed by atoms with Crippen LogP contribution in [0.15, 0.2) is 36.4 Å². The molecule has 1 aromatic carbocycles. The molecule has 4 nitrogen and oxygen atoms in total. The molecule has 1 aromatic rings. The molecule has 5 heteroatoms. The van der Waals surface area contributed by atoms with E-state index in [1.807, 2.05) is 24.2 Å². The molecule has 0 saturated carbocycles. The average Bonchev–Trinajstić information content (AvgIpc) is 2.80. The van der Waals surface area contributed by atoms with Crippen molar-refractivity contribution in [3.8, 4) is 5.75 Å². The number of carbonyl (C=O) groups is 1. The summed E-state index contributed by atoms with van der Waals surface area (Å²) in [5.41, 5.74) is 2.17. The van der Waals surface area contributed by atoms with Gasteiger partial charge in [0.05, 0.1) is 5.03 Å². The number of amides is 1. The van der Waals surface area contributed by atoms with Gasteiger partial charge in [0.15, 0.2) is 0 Å². The van der Waals surface area contributed by atoms with Crippen LogP contribution in [0, 0.1) is 0 Å². The highest BCUT2D eigenvalue weighted by atomic mass is 32.2. The first-order chi connectivity index (χ1) is 12.3. The lowest BCUT2D eigenvalue weighted by Crippen LogP contribution is -2.40. The smallest absolute Gasteiger partial charge is 0.260 e. The maximum atomic E-state index is 13.1. The second kappa shape index (κ2) is 7.36. The summed E-state index contributed by atoms with van der Waals surface area (Å²) in [6.07, 6.45) is 1.76. The van der Waals surface area contributed by atoms with Gasteiger partial charge in [0.1, 0.15) is 11.0 Å². The molecule has 0 aliphatic carbocycles. The predicted octanol–water partition coefficient (Wildman–Crippen LogP) is 5.11. The third kappa shape index (κ3) is 4.25. The Hall–Kier alpha value is -1.72. The third-order valence-electron chi connectivity index (χ3n) is 4.71. The predicted molar refractivity (Wildman–Crippen MR) is 115 cm³/mol. The van der Waals surface area contributed by atoms with E-state index in [1.54, 1.807) is 11.1 Å². The zero-order chi connectivity index (χ0) is 20.7. The minimum Gasteiger partial charge on any atom is -0.507 e. The highest BCUT2D eigenvalue weighted by Crippen LogP contribution is 2.48. The lowest BCUT2D eigenvalue weighted by Gasteiger charge is -2.29. The SMILES string of the molecule is C=CCN(C)N1C(=C)SC(c2cc(C(C)(C)C)c(O)c(C(C)(C)C)c2)C1=O. The number of rotatable bonds is 4. The monoisotopic (exact) mass is 388 g/mol. The quantitative estimate of drug-likeness (QED) is 0.728. The van der Waals surface area contributed by atoms with E-state index in [0.29, 0.717) is 17.3 Å². The van der Waals surface area contributed by atoms with E-state index in [-0.39, 0.29) is 22.0 Å². The van der Waals surface area contributed by atoms with Crippen molar-refractivity contribution >= 4 is 17.7 Å². The molecule has 0 aromatic heterocycles. The number of benzene rings is 1. The topological polar surface area (TPSA) is 43.8 Å². The molecule has 1 heterocycles. The van der Waals surface area contributed by atoms with Crippen LogP contribution in [0.5, 0.6) is 5.75 Å². The number of thioether (sulfide) groups is 1. The van der Waals surface area contributed by atoms with Crippen LogP contribution < -0.4 is 0 Å². The third-order valence-corrected chi connectivity index (χ3v) is 5.86. The van der Waals surface area contributed by atoms with Crippen LogP contribution >= 0.6 is 11.8 Å². The Morgan fingerprint density at radius 2 is 1.67 bits per heavy atom. The fraction of sp³-hybridized carbons (Fsp3) is 0.500. The lowest BCUT2D eigenvalue weighted by molar-refractivity contribution is -0.138. The van der Waals surface area contributed by atoms with Crippen molar-refractivity contribution in [2.24, 2.45) is 0 Å². The number of hydrazine groups is 1. The zero-order valence-corrected chi connectivity index (χ0v) is 18.4. The molecule has 1 N–H and O–H groups in total. The van der Waals surface area contributed by atoms with Crippen molar-refractivity contribution in [3.05, 3.63) is 53.1 Å². The van der Waals surface area contributed by atoms with Gasteiger partial charge in [0.2, 0.25) is 0 Å².